The maximum atomic E-state index is 14.5. The van der Waals surface area contributed by atoms with Crippen molar-refractivity contribution in [2.75, 3.05) is 23.9 Å². The minimum atomic E-state index is -0.664. The van der Waals surface area contributed by atoms with Crippen LogP contribution in [0.1, 0.15) is 12.5 Å². The summed E-state index contributed by atoms with van der Waals surface area (Å²) in [6.45, 7) is 2.36. The molecule has 7 heteroatoms. The van der Waals surface area contributed by atoms with Gasteiger partial charge in [-0.1, -0.05) is 30.3 Å². The van der Waals surface area contributed by atoms with Crippen molar-refractivity contribution in [3.8, 4) is 11.5 Å². The van der Waals surface area contributed by atoms with E-state index in [0.29, 0.717) is 29.4 Å². The second kappa shape index (κ2) is 8.93. The summed E-state index contributed by atoms with van der Waals surface area (Å²) in [6.07, 6.45) is 0. The Bertz CT molecular complexity index is 1200. The van der Waals surface area contributed by atoms with Gasteiger partial charge in [-0.3, -0.25) is 9.59 Å². The van der Waals surface area contributed by atoms with Crippen molar-refractivity contribution in [2.45, 2.75) is 6.92 Å². The number of anilines is 2. The Morgan fingerprint density at radius 2 is 1.66 bits per heavy atom. The molecule has 32 heavy (non-hydrogen) atoms. The van der Waals surface area contributed by atoms with Crippen LogP contribution in [0.25, 0.3) is 5.57 Å². The van der Waals surface area contributed by atoms with Crippen molar-refractivity contribution in [1.29, 1.82) is 0 Å². The molecule has 0 radical (unpaired) electrons. The van der Waals surface area contributed by atoms with E-state index >= 15 is 0 Å². The fourth-order valence-corrected chi connectivity index (χ4v) is 3.50. The minimum Gasteiger partial charge on any atom is -0.497 e. The zero-order valence-electron chi connectivity index (χ0n) is 17.6. The molecule has 1 N–H and O–H groups in total. The summed E-state index contributed by atoms with van der Waals surface area (Å²) in [5.41, 5.74) is 1.16. The Balaban J connectivity index is 1.80. The highest BCUT2D eigenvalue weighted by atomic mass is 19.1. The van der Waals surface area contributed by atoms with Crippen molar-refractivity contribution in [3.63, 3.8) is 0 Å². The average Bonchev–Trinajstić information content (AvgIpc) is 3.04. The monoisotopic (exact) mass is 432 g/mol. The first kappa shape index (κ1) is 21.1. The Morgan fingerprint density at radius 1 is 0.906 bits per heavy atom. The van der Waals surface area contributed by atoms with E-state index in [0.717, 1.165) is 4.90 Å². The fraction of sp³-hybridized carbons (Fsp3) is 0.120. The molecule has 0 spiro atoms. The third-order valence-corrected chi connectivity index (χ3v) is 4.97. The summed E-state index contributed by atoms with van der Waals surface area (Å²) in [5.74, 6) is -0.702. The SMILES string of the molecule is CCOc1cccc(NC2=C(c3ccc(OC)cc3)C(=O)N(c3ccccc3F)C2=O)c1. The standard InChI is InChI=1S/C25H21FN2O4/c1-3-32-19-8-6-7-17(15-19)27-23-22(16-11-13-18(31-2)14-12-16)24(29)28(25(23)30)21-10-5-4-9-20(21)26/h4-15,27H,3H2,1-2H3. The number of carbonyl (C=O) groups excluding carboxylic acids is 2. The number of nitrogens with one attached hydrogen (secondary N) is 1. The molecule has 4 rings (SSSR count). The van der Waals surface area contributed by atoms with Gasteiger partial charge in [0.05, 0.1) is 25.0 Å². The van der Waals surface area contributed by atoms with E-state index in [1.807, 2.05) is 6.92 Å². The van der Waals surface area contributed by atoms with Crippen LogP contribution in [0.4, 0.5) is 15.8 Å². The highest BCUT2D eigenvalue weighted by molar-refractivity contribution is 6.46. The van der Waals surface area contributed by atoms with Crippen LogP contribution < -0.4 is 19.7 Å². The summed E-state index contributed by atoms with van der Waals surface area (Å²) in [4.78, 5) is 27.6. The van der Waals surface area contributed by atoms with Crippen LogP contribution in [-0.4, -0.2) is 25.5 Å². The molecule has 0 fully saturated rings. The summed E-state index contributed by atoms with van der Waals surface area (Å²) in [6, 6.07) is 19.5. The van der Waals surface area contributed by atoms with Gasteiger partial charge in [0.1, 0.15) is 23.0 Å². The molecule has 1 aliphatic rings. The topological polar surface area (TPSA) is 67.9 Å². The van der Waals surface area contributed by atoms with Gasteiger partial charge in [-0.05, 0) is 48.9 Å². The highest BCUT2D eigenvalue weighted by Crippen LogP contribution is 2.35. The maximum Gasteiger partial charge on any atom is 0.282 e. The maximum absolute atomic E-state index is 14.5. The predicted molar refractivity (Wildman–Crippen MR) is 120 cm³/mol. The number of hydrogen-bond acceptors (Lipinski definition) is 5. The van der Waals surface area contributed by atoms with E-state index in [1.165, 1.54) is 25.3 Å². The molecule has 6 nitrogen and oxygen atoms in total. The first-order chi connectivity index (χ1) is 15.5. The Kier molecular flexibility index (Phi) is 5.89. The van der Waals surface area contributed by atoms with Crippen LogP contribution in [0.5, 0.6) is 11.5 Å². The number of hydrogen-bond donors (Lipinski definition) is 1. The minimum absolute atomic E-state index is 0.0528. The quantitative estimate of drug-likeness (QED) is 0.552. The molecule has 1 aliphatic heterocycles. The van der Waals surface area contributed by atoms with Crippen LogP contribution in [-0.2, 0) is 9.59 Å². The highest BCUT2D eigenvalue weighted by Gasteiger charge is 2.41. The second-order valence-corrected chi connectivity index (χ2v) is 6.96. The molecule has 0 saturated heterocycles. The lowest BCUT2D eigenvalue weighted by Crippen LogP contribution is -2.33. The van der Waals surface area contributed by atoms with Gasteiger partial charge in [0.2, 0.25) is 0 Å². The lowest BCUT2D eigenvalue weighted by molar-refractivity contribution is -0.120. The smallest absolute Gasteiger partial charge is 0.282 e. The largest absolute Gasteiger partial charge is 0.497 e. The number of nitrogens with zero attached hydrogens (tertiary/aromatic N) is 1. The van der Waals surface area contributed by atoms with E-state index in [2.05, 4.69) is 5.32 Å². The van der Waals surface area contributed by atoms with E-state index in [4.69, 9.17) is 9.47 Å². The molecule has 0 bridgehead atoms. The van der Waals surface area contributed by atoms with Crippen LogP contribution >= 0.6 is 0 Å². The van der Waals surface area contributed by atoms with Gasteiger partial charge in [0, 0.05) is 11.8 Å². The first-order valence-corrected chi connectivity index (χ1v) is 10.1. The summed E-state index contributed by atoms with van der Waals surface area (Å²) >= 11 is 0. The number of rotatable bonds is 7. The number of amides is 2. The Hall–Kier alpha value is -4.13. The van der Waals surface area contributed by atoms with Crippen LogP contribution in [0.15, 0.2) is 78.5 Å². The molecule has 0 aliphatic carbocycles. The van der Waals surface area contributed by atoms with Gasteiger partial charge in [0.15, 0.2) is 0 Å². The first-order valence-electron chi connectivity index (χ1n) is 10.1. The van der Waals surface area contributed by atoms with Gasteiger partial charge in [-0.25, -0.2) is 9.29 Å². The molecule has 0 atom stereocenters. The number of imide groups is 1. The molecular weight excluding hydrogens is 411 g/mol. The van der Waals surface area contributed by atoms with E-state index < -0.39 is 17.6 Å². The Labute approximate surface area is 184 Å². The fourth-order valence-electron chi connectivity index (χ4n) is 3.50. The van der Waals surface area contributed by atoms with E-state index in [-0.39, 0.29) is 17.0 Å². The number of carbonyl (C=O) groups is 2. The van der Waals surface area contributed by atoms with Gasteiger partial charge in [0.25, 0.3) is 11.8 Å². The van der Waals surface area contributed by atoms with E-state index in [9.17, 15) is 14.0 Å². The Morgan fingerprint density at radius 3 is 2.34 bits per heavy atom. The van der Waals surface area contributed by atoms with Crippen molar-refractivity contribution < 1.29 is 23.5 Å². The van der Waals surface area contributed by atoms with Gasteiger partial charge < -0.3 is 14.8 Å². The van der Waals surface area contributed by atoms with Gasteiger partial charge in [-0.2, -0.15) is 0 Å². The summed E-state index contributed by atoms with van der Waals surface area (Å²) in [5, 5.41) is 3.05. The van der Waals surface area contributed by atoms with Crippen LogP contribution in [0, 0.1) is 5.82 Å². The molecular formula is C25H21FN2O4. The van der Waals surface area contributed by atoms with Crippen LogP contribution in [0.2, 0.25) is 0 Å². The third-order valence-electron chi connectivity index (χ3n) is 4.97. The van der Waals surface area contributed by atoms with Gasteiger partial charge >= 0.3 is 0 Å². The molecule has 0 saturated carbocycles. The predicted octanol–water partition coefficient (Wildman–Crippen LogP) is 4.63. The lowest BCUT2D eigenvalue weighted by atomic mass is 10.0. The average molecular weight is 432 g/mol. The normalized spacial score (nSPS) is 13.5. The van der Waals surface area contributed by atoms with E-state index in [1.54, 1.807) is 54.6 Å². The summed E-state index contributed by atoms with van der Waals surface area (Å²) in [7, 11) is 1.54. The zero-order valence-corrected chi connectivity index (χ0v) is 17.6. The molecule has 0 unspecified atom stereocenters. The molecule has 1 heterocycles. The zero-order chi connectivity index (χ0) is 22.7. The van der Waals surface area contributed by atoms with Crippen molar-refractivity contribution >= 4 is 28.8 Å². The number of ether oxygens (including phenoxy) is 2. The second-order valence-electron chi connectivity index (χ2n) is 6.96. The van der Waals surface area contributed by atoms with Gasteiger partial charge in [-0.15, -0.1) is 0 Å². The van der Waals surface area contributed by atoms with Crippen LogP contribution in [0.3, 0.4) is 0 Å². The summed E-state index contributed by atoms with van der Waals surface area (Å²) < 4.78 is 25.2. The number of para-hydroxylation sites is 1. The van der Waals surface area contributed by atoms with Crippen molar-refractivity contribution in [2.24, 2.45) is 0 Å². The molecule has 2 amide bonds. The van der Waals surface area contributed by atoms with Crippen molar-refractivity contribution in [1.82, 2.24) is 0 Å². The van der Waals surface area contributed by atoms with Crippen molar-refractivity contribution in [3.05, 3.63) is 89.9 Å². The number of halogens is 1. The molecule has 0 aromatic heterocycles. The molecule has 3 aromatic carbocycles. The number of benzene rings is 3. The molecule has 3 aromatic rings. The lowest BCUT2D eigenvalue weighted by Gasteiger charge is -2.16. The number of methoxy groups -OCH3 is 1. The third kappa shape index (κ3) is 3.92. The molecule has 162 valence electrons.